The number of aliphatic hydroxyl groups is 1. The molecular formula is C9H6ClF6NO2. The maximum absolute atomic E-state index is 12.6. The van der Waals surface area contributed by atoms with Crippen molar-refractivity contribution in [1.82, 2.24) is 4.98 Å². The predicted octanol–water partition coefficient (Wildman–Crippen LogP) is 3.23. The quantitative estimate of drug-likeness (QED) is 0.688. The van der Waals surface area contributed by atoms with Crippen LogP contribution < -0.4 is 4.74 Å². The van der Waals surface area contributed by atoms with Gasteiger partial charge >= 0.3 is 12.5 Å². The van der Waals surface area contributed by atoms with Gasteiger partial charge in [-0.3, -0.25) is 0 Å². The van der Waals surface area contributed by atoms with Crippen LogP contribution in [0.2, 0.25) is 0 Å². The molecule has 0 aliphatic carbocycles. The number of aromatic nitrogens is 1. The van der Waals surface area contributed by atoms with E-state index >= 15 is 0 Å². The Labute approximate surface area is 107 Å². The van der Waals surface area contributed by atoms with Crippen LogP contribution in [0.5, 0.6) is 5.88 Å². The Kier molecular flexibility index (Phi) is 4.51. The van der Waals surface area contributed by atoms with Gasteiger partial charge in [0.05, 0.1) is 29.3 Å². The standard InChI is InChI=1S/C9H6ClF6NO2/c10-2-4-1-6(8(11,12)13)5(3-18)7(17-4)19-9(14,15)16/h1,18H,2-3H2. The van der Waals surface area contributed by atoms with E-state index in [-0.39, 0.29) is 0 Å². The third kappa shape index (κ3) is 4.13. The van der Waals surface area contributed by atoms with Crippen molar-refractivity contribution in [3.63, 3.8) is 0 Å². The zero-order valence-electron chi connectivity index (χ0n) is 8.94. The summed E-state index contributed by atoms with van der Waals surface area (Å²) < 4.78 is 77.5. The molecule has 0 atom stereocenters. The van der Waals surface area contributed by atoms with Gasteiger partial charge in [-0.15, -0.1) is 24.8 Å². The number of hydrogen-bond donors (Lipinski definition) is 1. The Morgan fingerprint density at radius 1 is 1.21 bits per heavy atom. The Bertz CT molecular complexity index is 459. The Morgan fingerprint density at radius 2 is 1.79 bits per heavy atom. The van der Waals surface area contributed by atoms with Crippen molar-refractivity contribution in [3.8, 4) is 5.88 Å². The zero-order valence-corrected chi connectivity index (χ0v) is 9.70. The van der Waals surface area contributed by atoms with Crippen LogP contribution >= 0.6 is 11.6 Å². The first-order valence-corrected chi connectivity index (χ1v) is 5.14. The molecule has 0 bridgehead atoms. The molecule has 1 heterocycles. The molecule has 108 valence electrons. The zero-order chi connectivity index (χ0) is 14.8. The SMILES string of the molecule is OCc1c(C(F)(F)F)cc(CCl)nc1OC(F)(F)F. The molecule has 0 amide bonds. The molecule has 0 fully saturated rings. The number of aliphatic hydroxyl groups excluding tert-OH is 1. The molecule has 1 rings (SSSR count). The summed E-state index contributed by atoms with van der Waals surface area (Å²) in [5, 5.41) is 8.80. The summed E-state index contributed by atoms with van der Waals surface area (Å²) in [6, 6.07) is 0.460. The van der Waals surface area contributed by atoms with Crippen molar-refractivity contribution in [1.29, 1.82) is 0 Å². The van der Waals surface area contributed by atoms with Crippen molar-refractivity contribution in [2.24, 2.45) is 0 Å². The van der Waals surface area contributed by atoms with Crippen LogP contribution in [0.1, 0.15) is 16.8 Å². The van der Waals surface area contributed by atoms with E-state index in [0.29, 0.717) is 6.07 Å². The van der Waals surface area contributed by atoms with Gasteiger partial charge < -0.3 is 9.84 Å². The number of alkyl halides is 7. The van der Waals surface area contributed by atoms with Crippen LogP contribution in [0.4, 0.5) is 26.3 Å². The minimum Gasteiger partial charge on any atom is -0.391 e. The van der Waals surface area contributed by atoms with Gasteiger partial charge in [0, 0.05) is 0 Å². The lowest BCUT2D eigenvalue weighted by Gasteiger charge is -2.17. The first kappa shape index (κ1) is 15.8. The van der Waals surface area contributed by atoms with Crippen molar-refractivity contribution < 1.29 is 36.2 Å². The highest BCUT2D eigenvalue weighted by Crippen LogP contribution is 2.37. The average molecular weight is 310 g/mol. The number of nitrogens with zero attached hydrogens (tertiary/aromatic N) is 1. The Balaban J connectivity index is 3.44. The van der Waals surface area contributed by atoms with E-state index in [1.165, 1.54) is 0 Å². The number of rotatable bonds is 3. The highest BCUT2D eigenvalue weighted by molar-refractivity contribution is 6.16. The number of ether oxygens (including phenoxy) is 1. The summed E-state index contributed by atoms with van der Waals surface area (Å²) in [5.74, 6) is -1.90. The van der Waals surface area contributed by atoms with Gasteiger partial charge in [0.2, 0.25) is 5.88 Å². The molecule has 1 aromatic rings. The van der Waals surface area contributed by atoms with Crippen LogP contribution in [0.15, 0.2) is 6.07 Å². The molecule has 0 aliphatic rings. The molecule has 3 nitrogen and oxygen atoms in total. The monoisotopic (exact) mass is 309 g/mol. The summed E-state index contributed by atoms with van der Waals surface area (Å²) in [4.78, 5) is 3.19. The van der Waals surface area contributed by atoms with E-state index in [9.17, 15) is 26.3 Å². The average Bonchev–Trinajstić information content (AvgIpc) is 2.24. The molecule has 1 aromatic heterocycles. The van der Waals surface area contributed by atoms with Crippen molar-refractivity contribution >= 4 is 11.6 Å². The second kappa shape index (κ2) is 5.41. The first-order valence-electron chi connectivity index (χ1n) is 4.61. The second-order valence-electron chi connectivity index (χ2n) is 3.28. The molecule has 0 aromatic carbocycles. The molecule has 0 saturated heterocycles. The lowest BCUT2D eigenvalue weighted by atomic mass is 10.1. The van der Waals surface area contributed by atoms with Crippen LogP contribution in [0.3, 0.4) is 0 Å². The highest BCUT2D eigenvalue weighted by atomic mass is 35.5. The molecule has 19 heavy (non-hydrogen) atoms. The second-order valence-corrected chi connectivity index (χ2v) is 3.55. The van der Waals surface area contributed by atoms with Crippen molar-refractivity contribution in [2.75, 3.05) is 0 Å². The normalized spacial score (nSPS) is 12.6. The molecular weight excluding hydrogens is 304 g/mol. The number of hydrogen-bond acceptors (Lipinski definition) is 3. The minimum atomic E-state index is -5.23. The lowest BCUT2D eigenvalue weighted by Crippen LogP contribution is -2.21. The highest BCUT2D eigenvalue weighted by Gasteiger charge is 2.39. The van der Waals surface area contributed by atoms with E-state index in [0.717, 1.165) is 0 Å². The first-order chi connectivity index (χ1) is 8.58. The van der Waals surface area contributed by atoms with Gasteiger partial charge in [-0.25, -0.2) is 4.98 Å². The number of pyridine rings is 1. The predicted molar refractivity (Wildman–Crippen MR) is 51.4 cm³/mol. The minimum absolute atomic E-state index is 0.453. The largest absolute Gasteiger partial charge is 0.574 e. The van der Waals surface area contributed by atoms with Crippen LogP contribution in [-0.4, -0.2) is 16.5 Å². The van der Waals surface area contributed by atoms with Crippen LogP contribution in [0, 0.1) is 0 Å². The molecule has 0 unspecified atom stereocenters. The summed E-state index contributed by atoms with van der Waals surface area (Å²) in [6.45, 7) is -1.31. The lowest BCUT2D eigenvalue weighted by molar-refractivity contribution is -0.276. The third-order valence-electron chi connectivity index (χ3n) is 1.95. The smallest absolute Gasteiger partial charge is 0.391 e. The van der Waals surface area contributed by atoms with Gasteiger partial charge in [0.25, 0.3) is 0 Å². The van der Waals surface area contributed by atoms with Crippen LogP contribution in [-0.2, 0) is 18.7 Å². The fourth-order valence-corrected chi connectivity index (χ4v) is 1.40. The molecule has 0 radical (unpaired) electrons. The van der Waals surface area contributed by atoms with E-state index in [2.05, 4.69) is 9.72 Å². The van der Waals surface area contributed by atoms with Gasteiger partial charge in [-0.1, -0.05) is 0 Å². The molecule has 0 aliphatic heterocycles. The summed E-state index contributed by atoms with van der Waals surface area (Å²) in [6.07, 6.45) is -10.2. The topological polar surface area (TPSA) is 42.4 Å². The van der Waals surface area contributed by atoms with Gasteiger partial charge in [0.15, 0.2) is 0 Å². The fraction of sp³-hybridized carbons (Fsp3) is 0.444. The van der Waals surface area contributed by atoms with Gasteiger partial charge in [-0.05, 0) is 6.07 Å². The maximum Gasteiger partial charge on any atom is 0.574 e. The van der Waals surface area contributed by atoms with Crippen LogP contribution in [0.25, 0.3) is 0 Å². The van der Waals surface area contributed by atoms with Gasteiger partial charge in [-0.2, -0.15) is 13.2 Å². The van der Waals surface area contributed by atoms with Crippen molar-refractivity contribution in [3.05, 3.63) is 22.9 Å². The summed E-state index contributed by atoms with van der Waals surface area (Å²) >= 11 is 5.26. The Hall–Kier alpha value is -1.22. The Morgan fingerprint density at radius 3 is 2.16 bits per heavy atom. The van der Waals surface area contributed by atoms with E-state index < -0.39 is 47.7 Å². The van der Waals surface area contributed by atoms with Gasteiger partial charge in [0.1, 0.15) is 0 Å². The van der Waals surface area contributed by atoms with Crippen molar-refractivity contribution in [2.45, 2.75) is 25.0 Å². The maximum atomic E-state index is 12.6. The molecule has 10 heteroatoms. The summed E-state index contributed by atoms with van der Waals surface area (Å²) in [5.41, 5.74) is -3.02. The third-order valence-corrected chi connectivity index (χ3v) is 2.23. The molecule has 1 N–H and O–H groups in total. The molecule has 0 spiro atoms. The van der Waals surface area contributed by atoms with E-state index in [4.69, 9.17) is 16.7 Å². The fourth-order valence-electron chi connectivity index (χ4n) is 1.27. The summed E-state index contributed by atoms with van der Waals surface area (Å²) in [7, 11) is 0. The number of halogens is 7. The van der Waals surface area contributed by atoms with E-state index in [1.807, 2.05) is 0 Å². The molecule has 0 saturated carbocycles. The van der Waals surface area contributed by atoms with E-state index in [1.54, 1.807) is 0 Å².